The summed E-state index contributed by atoms with van der Waals surface area (Å²) < 4.78 is 10.9. The zero-order valence-corrected chi connectivity index (χ0v) is 15.7. The van der Waals surface area contributed by atoms with E-state index in [1.54, 1.807) is 26.0 Å². The fourth-order valence-electron chi connectivity index (χ4n) is 2.39. The molecule has 0 aliphatic carbocycles. The number of thioether (sulfide) groups is 1. The van der Waals surface area contributed by atoms with E-state index in [-0.39, 0.29) is 11.7 Å². The molecule has 1 amide bonds. The van der Waals surface area contributed by atoms with Gasteiger partial charge in [0, 0.05) is 12.1 Å². The molecule has 7 nitrogen and oxygen atoms in total. The summed E-state index contributed by atoms with van der Waals surface area (Å²) in [4.78, 5) is 20.7. The van der Waals surface area contributed by atoms with Gasteiger partial charge in [-0.2, -0.15) is 5.26 Å². The predicted octanol–water partition coefficient (Wildman–Crippen LogP) is 3.12. The second kappa shape index (κ2) is 7.81. The molecule has 1 aliphatic heterocycles. The minimum Gasteiger partial charge on any atom is -0.486 e. The van der Waals surface area contributed by atoms with Crippen LogP contribution in [0, 0.1) is 25.2 Å². The molecule has 0 radical (unpaired) electrons. The van der Waals surface area contributed by atoms with Crippen LogP contribution in [-0.2, 0) is 4.79 Å². The standard InChI is InChI=1S/C17H15ClN4O3S/c1-9-11(7-19)17(21-10(2)20-9)26-8-16(23)22-13-6-15-14(5-12(13)18)24-3-4-25-15/h5-6H,3-4,8H2,1-2H3,(H,22,23). The Morgan fingerprint density at radius 2 is 2.00 bits per heavy atom. The summed E-state index contributed by atoms with van der Waals surface area (Å²) in [6.45, 7) is 4.39. The number of fused-ring (bicyclic) bond motifs is 1. The first-order valence-electron chi connectivity index (χ1n) is 7.75. The maximum Gasteiger partial charge on any atom is 0.234 e. The van der Waals surface area contributed by atoms with Gasteiger partial charge < -0.3 is 14.8 Å². The number of benzene rings is 1. The van der Waals surface area contributed by atoms with Gasteiger partial charge in [0.05, 0.1) is 22.2 Å². The normalized spacial score (nSPS) is 12.4. The zero-order chi connectivity index (χ0) is 18.7. The summed E-state index contributed by atoms with van der Waals surface area (Å²) in [5, 5.41) is 12.8. The summed E-state index contributed by atoms with van der Waals surface area (Å²) >= 11 is 7.37. The summed E-state index contributed by atoms with van der Waals surface area (Å²) in [7, 11) is 0. The molecule has 0 unspecified atom stereocenters. The number of carbonyl (C=O) groups excluding carboxylic acids is 1. The van der Waals surface area contributed by atoms with E-state index in [4.69, 9.17) is 21.1 Å². The van der Waals surface area contributed by atoms with Crippen molar-refractivity contribution in [3.63, 3.8) is 0 Å². The van der Waals surface area contributed by atoms with Crippen molar-refractivity contribution in [1.29, 1.82) is 5.26 Å². The number of nitrogens with zero attached hydrogens (tertiary/aromatic N) is 3. The van der Waals surface area contributed by atoms with Gasteiger partial charge in [-0.25, -0.2) is 9.97 Å². The molecule has 1 aromatic heterocycles. The van der Waals surface area contributed by atoms with E-state index in [0.717, 1.165) is 0 Å². The third kappa shape index (κ3) is 4.00. The summed E-state index contributed by atoms with van der Waals surface area (Å²) in [5.74, 6) is 1.46. The van der Waals surface area contributed by atoms with Crippen molar-refractivity contribution in [1.82, 2.24) is 9.97 Å². The predicted molar refractivity (Wildman–Crippen MR) is 98.0 cm³/mol. The molecule has 0 saturated heterocycles. The van der Waals surface area contributed by atoms with Crippen LogP contribution < -0.4 is 14.8 Å². The van der Waals surface area contributed by atoms with Crippen molar-refractivity contribution in [2.24, 2.45) is 0 Å². The molecule has 2 heterocycles. The fraction of sp³-hybridized carbons (Fsp3) is 0.294. The zero-order valence-electron chi connectivity index (χ0n) is 14.1. The molecule has 1 aliphatic rings. The molecule has 0 spiro atoms. The number of amides is 1. The lowest BCUT2D eigenvalue weighted by Crippen LogP contribution is -2.17. The van der Waals surface area contributed by atoms with E-state index in [0.29, 0.717) is 57.5 Å². The average Bonchev–Trinajstić information content (AvgIpc) is 2.60. The highest BCUT2D eigenvalue weighted by Crippen LogP contribution is 2.38. The highest BCUT2D eigenvalue weighted by molar-refractivity contribution is 8.00. The van der Waals surface area contributed by atoms with Crippen molar-refractivity contribution in [2.45, 2.75) is 18.9 Å². The van der Waals surface area contributed by atoms with Crippen LogP contribution in [0.1, 0.15) is 17.1 Å². The van der Waals surface area contributed by atoms with Gasteiger partial charge in [0.1, 0.15) is 35.7 Å². The molecule has 0 bridgehead atoms. The number of aryl methyl sites for hydroxylation is 2. The third-order valence-electron chi connectivity index (χ3n) is 3.53. The maximum absolute atomic E-state index is 12.3. The molecule has 2 aromatic rings. The van der Waals surface area contributed by atoms with Crippen LogP contribution in [0.5, 0.6) is 11.5 Å². The van der Waals surface area contributed by atoms with Gasteiger partial charge in [0.2, 0.25) is 5.91 Å². The number of carbonyl (C=O) groups is 1. The third-order valence-corrected chi connectivity index (χ3v) is 4.81. The van der Waals surface area contributed by atoms with Crippen LogP contribution >= 0.6 is 23.4 Å². The van der Waals surface area contributed by atoms with Crippen LogP contribution in [0.4, 0.5) is 5.69 Å². The average molecular weight is 391 g/mol. The van der Waals surface area contributed by atoms with E-state index < -0.39 is 0 Å². The molecular weight excluding hydrogens is 376 g/mol. The topological polar surface area (TPSA) is 97.1 Å². The first-order valence-corrected chi connectivity index (χ1v) is 9.11. The number of halogens is 1. The van der Waals surface area contributed by atoms with E-state index in [1.165, 1.54) is 11.8 Å². The Balaban J connectivity index is 1.70. The van der Waals surface area contributed by atoms with E-state index in [1.807, 2.05) is 0 Å². The smallest absolute Gasteiger partial charge is 0.234 e. The van der Waals surface area contributed by atoms with Crippen LogP contribution in [0.25, 0.3) is 0 Å². The number of nitrogens with one attached hydrogen (secondary N) is 1. The molecule has 0 saturated carbocycles. The van der Waals surface area contributed by atoms with Gasteiger partial charge in [-0.15, -0.1) is 0 Å². The SMILES string of the molecule is Cc1nc(C)c(C#N)c(SCC(=O)Nc2cc3c(cc2Cl)OCCO3)n1. The van der Waals surface area contributed by atoms with Crippen LogP contribution in [-0.4, -0.2) is 34.8 Å². The van der Waals surface area contributed by atoms with Crippen LogP contribution in [0.2, 0.25) is 5.02 Å². The number of hydrogen-bond acceptors (Lipinski definition) is 7. The van der Waals surface area contributed by atoms with Crippen LogP contribution in [0.3, 0.4) is 0 Å². The lowest BCUT2D eigenvalue weighted by atomic mass is 10.2. The Morgan fingerprint density at radius 1 is 1.31 bits per heavy atom. The summed E-state index contributed by atoms with van der Waals surface area (Å²) in [6.07, 6.45) is 0. The second-order valence-electron chi connectivity index (χ2n) is 5.46. The van der Waals surface area contributed by atoms with E-state index >= 15 is 0 Å². The number of ether oxygens (including phenoxy) is 2. The molecule has 134 valence electrons. The lowest BCUT2D eigenvalue weighted by Gasteiger charge is -2.20. The first-order chi connectivity index (χ1) is 12.5. The minimum atomic E-state index is -0.272. The number of nitriles is 1. The van der Waals surface area contributed by atoms with Gasteiger partial charge in [0.25, 0.3) is 0 Å². The number of aromatic nitrogens is 2. The van der Waals surface area contributed by atoms with Crippen molar-refractivity contribution >= 4 is 35.0 Å². The van der Waals surface area contributed by atoms with Crippen molar-refractivity contribution in [3.8, 4) is 17.6 Å². The van der Waals surface area contributed by atoms with Gasteiger partial charge in [-0.05, 0) is 13.8 Å². The molecule has 9 heteroatoms. The Morgan fingerprint density at radius 3 is 2.69 bits per heavy atom. The van der Waals surface area contributed by atoms with Gasteiger partial charge >= 0.3 is 0 Å². The maximum atomic E-state index is 12.3. The lowest BCUT2D eigenvalue weighted by molar-refractivity contribution is -0.113. The highest BCUT2D eigenvalue weighted by Gasteiger charge is 2.17. The van der Waals surface area contributed by atoms with E-state index in [9.17, 15) is 10.1 Å². The first kappa shape index (κ1) is 18.3. The number of rotatable bonds is 4. The molecule has 1 N–H and O–H groups in total. The Hall–Kier alpha value is -2.50. The molecule has 0 atom stereocenters. The molecule has 1 aromatic carbocycles. The molecule has 3 rings (SSSR count). The molecular formula is C17H15ClN4O3S. The summed E-state index contributed by atoms with van der Waals surface area (Å²) in [6, 6.07) is 5.33. The van der Waals surface area contributed by atoms with Crippen LogP contribution in [0.15, 0.2) is 17.2 Å². The van der Waals surface area contributed by atoms with E-state index in [2.05, 4.69) is 21.4 Å². The monoisotopic (exact) mass is 390 g/mol. The summed E-state index contributed by atoms with van der Waals surface area (Å²) in [5.41, 5.74) is 1.42. The van der Waals surface area contributed by atoms with Crippen molar-refractivity contribution in [2.75, 3.05) is 24.3 Å². The Kier molecular flexibility index (Phi) is 5.49. The fourth-order valence-corrected chi connectivity index (χ4v) is 3.47. The van der Waals surface area contributed by atoms with Gasteiger partial charge in [-0.1, -0.05) is 23.4 Å². The Bertz CT molecular complexity index is 914. The quantitative estimate of drug-likeness (QED) is 0.632. The van der Waals surface area contributed by atoms with Gasteiger partial charge in [-0.3, -0.25) is 4.79 Å². The van der Waals surface area contributed by atoms with Crippen molar-refractivity contribution in [3.05, 3.63) is 34.2 Å². The molecule has 0 fully saturated rings. The Labute approximate surface area is 159 Å². The minimum absolute atomic E-state index is 0.0787. The van der Waals surface area contributed by atoms with Crippen molar-refractivity contribution < 1.29 is 14.3 Å². The highest BCUT2D eigenvalue weighted by atomic mass is 35.5. The van der Waals surface area contributed by atoms with Gasteiger partial charge in [0.15, 0.2) is 11.5 Å². The number of anilines is 1. The second-order valence-corrected chi connectivity index (χ2v) is 6.83. The largest absolute Gasteiger partial charge is 0.486 e. The number of hydrogen-bond donors (Lipinski definition) is 1. The molecule has 26 heavy (non-hydrogen) atoms.